The first kappa shape index (κ1) is 12.1. The van der Waals surface area contributed by atoms with Crippen molar-refractivity contribution in [3.63, 3.8) is 0 Å². The van der Waals surface area contributed by atoms with Gasteiger partial charge < -0.3 is 5.32 Å². The quantitative estimate of drug-likeness (QED) is 0.873. The van der Waals surface area contributed by atoms with Gasteiger partial charge in [-0.05, 0) is 31.2 Å². The lowest BCUT2D eigenvalue weighted by atomic mass is 10.0. The van der Waals surface area contributed by atoms with Crippen LogP contribution >= 0.6 is 0 Å². The summed E-state index contributed by atoms with van der Waals surface area (Å²) in [5.41, 5.74) is 1.14. The zero-order chi connectivity index (χ0) is 12.4. The smallest absolute Gasteiger partial charge is 0.115 e. The summed E-state index contributed by atoms with van der Waals surface area (Å²) < 4.78 is 0. The van der Waals surface area contributed by atoms with Gasteiger partial charge in [-0.1, -0.05) is 6.92 Å². The number of hydrogen-bond acceptors (Lipinski definition) is 4. The molecule has 2 aliphatic rings. The molecule has 0 aromatic carbocycles. The second kappa shape index (κ2) is 5.33. The molecule has 4 nitrogen and oxygen atoms in total. The van der Waals surface area contributed by atoms with Crippen molar-refractivity contribution in [2.24, 2.45) is 5.92 Å². The molecule has 1 N–H and O–H groups in total. The maximum absolute atomic E-state index is 4.35. The van der Waals surface area contributed by atoms with Crippen molar-refractivity contribution in [3.8, 4) is 0 Å². The highest BCUT2D eigenvalue weighted by molar-refractivity contribution is 5.01. The van der Waals surface area contributed by atoms with Crippen molar-refractivity contribution in [2.45, 2.75) is 44.8 Å². The second-order valence-electron chi connectivity index (χ2n) is 5.54. The van der Waals surface area contributed by atoms with Crippen molar-refractivity contribution >= 4 is 0 Å². The van der Waals surface area contributed by atoms with Gasteiger partial charge in [0.05, 0.1) is 5.69 Å². The van der Waals surface area contributed by atoms with E-state index < -0.39 is 0 Å². The molecule has 0 radical (unpaired) electrons. The van der Waals surface area contributed by atoms with Gasteiger partial charge in [0, 0.05) is 37.9 Å². The Kier molecular flexibility index (Phi) is 3.57. The van der Waals surface area contributed by atoms with E-state index in [1.54, 1.807) is 6.33 Å². The van der Waals surface area contributed by atoms with Crippen LogP contribution in [-0.2, 0) is 6.54 Å². The minimum atomic E-state index is 0.648. The van der Waals surface area contributed by atoms with Gasteiger partial charge in [0.25, 0.3) is 0 Å². The van der Waals surface area contributed by atoms with E-state index in [1.165, 1.54) is 25.8 Å². The summed E-state index contributed by atoms with van der Waals surface area (Å²) in [7, 11) is 0. The van der Waals surface area contributed by atoms with Crippen LogP contribution in [0, 0.1) is 5.92 Å². The highest BCUT2D eigenvalue weighted by Gasteiger charge is 2.36. The molecule has 2 unspecified atom stereocenters. The zero-order valence-corrected chi connectivity index (χ0v) is 11.0. The Labute approximate surface area is 109 Å². The van der Waals surface area contributed by atoms with Crippen LogP contribution in [0.2, 0.25) is 0 Å². The Morgan fingerprint density at radius 3 is 3.00 bits per heavy atom. The van der Waals surface area contributed by atoms with Gasteiger partial charge in [0.1, 0.15) is 6.33 Å². The fourth-order valence-corrected chi connectivity index (χ4v) is 2.91. The van der Waals surface area contributed by atoms with Gasteiger partial charge >= 0.3 is 0 Å². The minimum Gasteiger partial charge on any atom is -0.311 e. The largest absolute Gasteiger partial charge is 0.311 e. The molecule has 2 fully saturated rings. The Balaban J connectivity index is 1.66. The van der Waals surface area contributed by atoms with Gasteiger partial charge in [0.2, 0.25) is 0 Å². The molecule has 1 aromatic rings. The molecule has 2 heterocycles. The number of aromatic nitrogens is 2. The number of hydrogen-bond donors (Lipinski definition) is 1. The number of piperazine rings is 1. The van der Waals surface area contributed by atoms with Crippen LogP contribution in [-0.4, -0.2) is 40.0 Å². The molecule has 0 bridgehead atoms. The Morgan fingerprint density at radius 2 is 2.33 bits per heavy atom. The van der Waals surface area contributed by atoms with E-state index in [0.717, 1.165) is 24.7 Å². The normalized spacial score (nSPS) is 29.4. The average Bonchev–Trinajstić information content (AvgIpc) is 3.24. The molecule has 1 aromatic heterocycles. The van der Waals surface area contributed by atoms with E-state index in [-0.39, 0.29) is 0 Å². The van der Waals surface area contributed by atoms with Crippen LogP contribution in [0.15, 0.2) is 18.6 Å². The maximum atomic E-state index is 4.35. The topological polar surface area (TPSA) is 41.0 Å². The zero-order valence-electron chi connectivity index (χ0n) is 11.0. The molecule has 98 valence electrons. The first-order chi connectivity index (χ1) is 8.86. The molecule has 2 atom stereocenters. The molecule has 0 amide bonds. The average molecular weight is 246 g/mol. The monoisotopic (exact) mass is 246 g/mol. The highest BCUT2D eigenvalue weighted by atomic mass is 15.2. The highest BCUT2D eigenvalue weighted by Crippen LogP contribution is 2.34. The van der Waals surface area contributed by atoms with Crippen LogP contribution in [0.1, 0.15) is 31.9 Å². The predicted octanol–water partition coefficient (Wildman–Crippen LogP) is 1.44. The standard InChI is InChI=1S/C14H22N4/c1-2-13-7-16-14(11-3-4-11)9-18(13)8-12-5-6-15-10-17-12/h5-6,10-11,13-14,16H,2-4,7-9H2,1H3. The summed E-state index contributed by atoms with van der Waals surface area (Å²) in [5.74, 6) is 0.927. The summed E-state index contributed by atoms with van der Waals surface area (Å²) in [6.07, 6.45) is 7.52. The Morgan fingerprint density at radius 1 is 1.44 bits per heavy atom. The van der Waals surface area contributed by atoms with Gasteiger partial charge in [-0.25, -0.2) is 9.97 Å². The van der Waals surface area contributed by atoms with E-state index in [2.05, 4.69) is 27.1 Å². The minimum absolute atomic E-state index is 0.648. The molecule has 4 heteroatoms. The Bertz CT molecular complexity index is 377. The van der Waals surface area contributed by atoms with Gasteiger partial charge in [-0.15, -0.1) is 0 Å². The first-order valence-corrected chi connectivity index (χ1v) is 7.09. The van der Waals surface area contributed by atoms with Crippen LogP contribution in [0.5, 0.6) is 0 Å². The van der Waals surface area contributed by atoms with Crippen molar-refractivity contribution in [1.29, 1.82) is 0 Å². The maximum Gasteiger partial charge on any atom is 0.115 e. The lowest BCUT2D eigenvalue weighted by molar-refractivity contribution is 0.110. The van der Waals surface area contributed by atoms with E-state index in [0.29, 0.717) is 12.1 Å². The summed E-state index contributed by atoms with van der Waals surface area (Å²) in [4.78, 5) is 10.9. The van der Waals surface area contributed by atoms with E-state index in [9.17, 15) is 0 Å². The molecule has 0 spiro atoms. The third-order valence-corrected chi connectivity index (χ3v) is 4.23. The van der Waals surface area contributed by atoms with Crippen LogP contribution in [0.3, 0.4) is 0 Å². The molecule has 1 saturated heterocycles. The third-order valence-electron chi connectivity index (χ3n) is 4.23. The van der Waals surface area contributed by atoms with Gasteiger partial charge in [-0.2, -0.15) is 0 Å². The van der Waals surface area contributed by atoms with Crippen molar-refractivity contribution in [3.05, 3.63) is 24.3 Å². The van der Waals surface area contributed by atoms with Crippen molar-refractivity contribution in [2.75, 3.05) is 13.1 Å². The summed E-state index contributed by atoms with van der Waals surface area (Å²) in [6, 6.07) is 3.38. The number of nitrogens with zero attached hydrogens (tertiary/aromatic N) is 3. The molecule has 1 saturated carbocycles. The van der Waals surface area contributed by atoms with Crippen LogP contribution in [0.4, 0.5) is 0 Å². The van der Waals surface area contributed by atoms with Crippen molar-refractivity contribution < 1.29 is 0 Å². The van der Waals surface area contributed by atoms with Gasteiger partial charge in [0.15, 0.2) is 0 Å². The first-order valence-electron chi connectivity index (χ1n) is 7.09. The molecule has 18 heavy (non-hydrogen) atoms. The van der Waals surface area contributed by atoms with E-state index in [1.807, 2.05) is 12.3 Å². The van der Waals surface area contributed by atoms with E-state index in [4.69, 9.17) is 0 Å². The van der Waals surface area contributed by atoms with E-state index >= 15 is 0 Å². The molecule has 3 rings (SSSR count). The fraction of sp³-hybridized carbons (Fsp3) is 0.714. The van der Waals surface area contributed by atoms with Crippen LogP contribution < -0.4 is 5.32 Å². The third kappa shape index (κ3) is 2.70. The van der Waals surface area contributed by atoms with Gasteiger partial charge in [-0.3, -0.25) is 4.90 Å². The predicted molar refractivity (Wildman–Crippen MR) is 71.0 cm³/mol. The molecule has 1 aliphatic carbocycles. The number of nitrogens with one attached hydrogen (secondary N) is 1. The number of rotatable bonds is 4. The molecular formula is C14H22N4. The van der Waals surface area contributed by atoms with Crippen molar-refractivity contribution in [1.82, 2.24) is 20.2 Å². The molecular weight excluding hydrogens is 224 g/mol. The lowest BCUT2D eigenvalue weighted by Gasteiger charge is -2.40. The molecule has 1 aliphatic heterocycles. The van der Waals surface area contributed by atoms with Crippen LogP contribution in [0.25, 0.3) is 0 Å². The second-order valence-corrected chi connectivity index (χ2v) is 5.54. The summed E-state index contributed by atoms with van der Waals surface area (Å²) in [6.45, 7) is 5.54. The SMILES string of the molecule is CCC1CNC(C2CC2)CN1Cc1ccncn1. The lowest BCUT2D eigenvalue weighted by Crippen LogP contribution is -2.56. The fourth-order valence-electron chi connectivity index (χ4n) is 2.91. The summed E-state index contributed by atoms with van der Waals surface area (Å²) >= 11 is 0. The Hall–Kier alpha value is -1.00. The summed E-state index contributed by atoms with van der Waals surface area (Å²) in [5, 5.41) is 3.72.